The molecule has 6 heteroatoms. The Kier molecular flexibility index (Phi) is 4.09. The molecule has 0 aliphatic rings. The zero-order chi connectivity index (χ0) is 13.8. The summed E-state index contributed by atoms with van der Waals surface area (Å²) in [5.74, 6) is -0.328. The highest BCUT2D eigenvalue weighted by atomic mass is 35.5. The number of benzene rings is 1. The molecule has 2 rings (SSSR count). The van der Waals surface area contributed by atoms with E-state index in [1.54, 1.807) is 42.6 Å². The van der Waals surface area contributed by atoms with Crippen LogP contribution in [0.2, 0.25) is 5.02 Å². The maximum atomic E-state index is 11.9. The number of halogens is 1. The first-order valence-corrected chi connectivity index (χ1v) is 6.18. The summed E-state index contributed by atoms with van der Waals surface area (Å²) in [6.07, 6.45) is 1.55. The molecule has 0 bridgehead atoms. The van der Waals surface area contributed by atoms with Crippen LogP contribution in [0.15, 0.2) is 42.6 Å². The number of carbonyl (C=O) groups excluding carboxylic acids is 1. The van der Waals surface area contributed by atoms with Crippen molar-refractivity contribution in [2.24, 2.45) is 5.73 Å². The predicted octanol–water partition coefficient (Wildman–Crippen LogP) is 2.62. The third-order valence-corrected chi connectivity index (χ3v) is 2.95. The van der Waals surface area contributed by atoms with Gasteiger partial charge in [-0.05, 0) is 30.3 Å². The van der Waals surface area contributed by atoms with Crippen molar-refractivity contribution in [1.29, 1.82) is 0 Å². The van der Waals surface area contributed by atoms with Gasteiger partial charge in [0, 0.05) is 11.8 Å². The van der Waals surface area contributed by atoms with Crippen LogP contribution in [0.4, 0.5) is 5.69 Å². The maximum absolute atomic E-state index is 11.9. The summed E-state index contributed by atoms with van der Waals surface area (Å²) < 4.78 is 0. The van der Waals surface area contributed by atoms with E-state index < -0.39 is 0 Å². The van der Waals surface area contributed by atoms with Crippen molar-refractivity contribution in [3.8, 4) is 0 Å². The van der Waals surface area contributed by atoms with Crippen LogP contribution in [-0.4, -0.2) is 15.9 Å². The first kappa shape index (κ1) is 13.5. The molecule has 0 saturated heterocycles. The lowest BCUT2D eigenvalue weighted by atomic mass is 10.2. The number of nitrogens with one attached hydrogen (secondary N) is 1. The van der Waals surface area contributed by atoms with E-state index in [0.29, 0.717) is 22.0 Å². The number of hydrogen-bond acceptors (Lipinski definition) is 3. The Balaban J connectivity index is 2.20. The second-order valence-corrected chi connectivity index (χ2v) is 4.58. The van der Waals surface area contributed by atoms with E-state index in [1.807, 2.05) is 0 Å². The molecule has 4 nitrogen and oxygen atoms in total. The minimum Gasteiger partial charge on any atom is -0.389 e. The number of carbonyl (C=O) groups is 1. The topological polar surface area (TPSA) is 68.0 Å². The van der Waals surface area contributed by atoms with Crippen molar-refractivity contribution < 1.29 is 4.79 Å². The van der Waals surface area contributed by atoms with E-state index in [0.717, 1.165) is 0 Å². The Morgan fingerprint density at radius 1 is 1.32 bits per heavy atom. The summed E-state index contributed by atoms with van der Waals surface area (Å²) in [5.41, 5.74) is 6.95. The predicted molar refractivity (Wildman–Crippen MR) is 79.5 cm³/mol. The number of nitrogens with zero attached hydrogens (tertiary/aromatic N) is 1. The average Bonchev–Trinajstić information content (AvgIpc) is 2.41. The molecule has 0 aliphatic carbocycles. The molecule has 0 fully saturated rings. The molecule has 1 heterocycles. The van der Waals surface area contributed by atoms with Crippen LogP contribution in [0, 0.1) is 0 Å². The zero-order valence-electron chi connectivity index (χ0n) is 9.76. The third kappa shape index (κ3) is 3.27. The second-order valence-electron chi connectivity index (χ2n) is 3.73. The minimum absolute atomic E-state index is 0.254. The van der Waals surface area contributed by atoms with Crippen LogP contribution in [-0.2, 0) is 0 Å². The van der Waals surface area contributed by atoms with E-state index in [-0.39, 0.29) is 10.9 Å². The van der Waals surface area contributed by atoms with E-state index >= 15 is 0 Å². The molecule has 19 heavy (non-hydrogen) atoms. The van der Waals surface area contributed by atoms with E-state index in [1.165, 1.54) is 0 Å². The molecule has 0 atom stereocenters. The number of amides is 1. The Morgan fingerprint density at radius 2 is 2.11 bits per heavy atom. The van der Waals surface area contributed by atoms with Gasteiger partial charge < -0.3 is 11.1 Å². The Bertz CT molecular complexity index is 631. The van der Waals surface area contributed by atoms with Crippen molar-refractivity contribution in [3.63, 3.8) is 0 Å². The fraction of sp³-hybridized carbons (Fsp3) is 0. The number of nitrogens with two attached hydrogens (primary N) is 1. The van der Waals surface area contributed by atoms with Gasteiger partial charge in [-0.25, -0.2) is 0 Å². The van der Waals surface area contributed by atoms with Crippen LogP contribution in [0.25, 0.3) is 0 Å². The van der Waals surface area contributed by atoms with E-state index in [4.69, 9.17) is 29.6 Å². The van der Waals surface area contributed by atoms with Gasteiger partial charge >= 0.3 is 0 Å². The highest BCUT2D eigenvalue weighted by molar-refractivity contribution is 7.80. The molecule has 96 valence electrons. The summed E-state index contributed by atoms with van der Waals surface area (Å²) in [6, 6.07) is 10.0. The molecular weight excluding hydrogens is 282 g/mol. The quantitative estimate of drug-likeness (QED) is 0.853. The van der Waals surface area contributed by atoms with Crippen molar-refractivity contribution in [3.05, 3.63) is 58.9 Å². The molecule has 0 saturated carbocycles. The van der Waals surface area contributed by atoms with Gasteiger partial charge in [-0.2, -0.15) is 0 Å². The summed E-state index contributed by atoms with van der Waals surface area (Å²) in [4.78, 5) is 16.1. The normalized spacial score (nSPS) is 9.95. The molecular formula is C13H10ClN3OS. The number of thiocarbonyl (C=S) groups is 1. The molecule has 0 radical (unpaired) electrons. The van der Waals surface area contributed by atoms with Gasteiger partial charge in [-0.3, -0.25) is 9.78 Å². The van der Waals surface area contributed by atoms with E-state index in [2.05, 4.69) is 10.3 Å². The Morgan fingerprint density at radius 3 is 2.68 bits per heavy atom. The summed E-state index contributed by atoms with van der Waals surface area (Å²) in [7, 11) is 0. The van der Waals surface area contributed by atoms with Crippen molar-refractivity contribution >= 4 is 40.4 Å². The van der Waals surface area contributed by atoms with Crippen LogP contribution >= 0.6 is 23.8 Å². The standard InChI is InChI=1S/C13H10ClN3OS/c14-9-7-8(12(15)19)4-5-10(9)17-13(18)11-3-1-2-6-16-11/h1-7H,(H2,15,19)(H,17,18). The monoisotopic (exact) mass is 291 g/mol. The van der Waals surface area contributed by atoms with Crippen LogP contribution < -0.4 is 11.1 Å². The second kappa shape index (κ2) is 5.77. The summed E-state index contributed by atoms with van der Waals surface area (Å²) in [5, 5.41) is 3.05. The van der Waals surface area contributed by atoms with Gasteiger partial charge in [0.15, 0.2) is 0 Å². The largest absolute Gasteiger partial charge is 0.389 e. The fourth-order valence-electron chi connectivity index (χ4n) is 1.45. The van der Waals surface area contributed by atoms with Gasteiger partial charge in [-0.1, -0.05) is 29.9 Å². The number of hydrogen-bond donors (Lipinski definition) is 2. The summed E-state index contributed by atoms with van der Waals surface area (Å²) in [6.45, 7) is 0. The first-order chi connectivity index (χ1) is 9.08. The van der Waals surface area contributed by atoms with Gasteiger partial charge in [-0.15, -0.1) is 0 Å². The number of pyridine rings is 1. The molecule has 1 amide bonds. The highest BCUT2D eigenvalue weighted by Gasteiger charge is 2.10. The van der Waals surface area contributed by atoms with Gasteiger partial charge in [0.1, 0.15) is 10.7 Å². The van der Waals surface area contributed by atoms with E-state index in [9.17, 15) is 4.79 Å². The van der Waals surface area contributed by atoms with Crippen LogP contribution in [0.5, 0.6) is 0 Å². The van der Waals surface area contributed by atoms with Crippen molar-refractivity contribution in [2.45, 2.75) is 0 Å². The SMILES string of the molecule is NC(=S)c1ccc(NC(=O)c2ccccn2)c(Cl)c1. The smallest absolute Gasteiger partial charge is 0.274 e. The lowest BCUT2D eigenvalue weighted by Crippen LogP contribution is -2.14. The molecule has 1 aromatic carbocycles. The van der Waals surface area contributed by atoms with Crippen molar-refractivity contribution in [2.75, 3.05) is 5.32 Å². The summed E-state index contributed by atoms with van der Waals surface area (Å²) >= 11 is 10.9. The lowest BCUT2D eigenvalue weighted by molar-refractivity contribution is 0.102. The van der Waals surface area contributed by atoms with Gasteiger partial charge in [0.25, 0.3) is 5.91 Å². The molecule has 1 aromatic heterocycles. The number of anilines is 1. The molecule has 0 unspecified atom stereocenters. The van der Waals surface area contributed by atoms with Crippen LogP contribution in [0.1, 0.15) is 16.1 Å². The van der Waals surface area contributed by atoms with Gasteiger partial charge in [0.2, 0.25) is 0 Å². The molecule has 0 aliphatic heterocycles. The van der Waals surface area contributed by atoms with Gasteiger partial charge in [0.05, 0.1) is 10.7 Å². The zero-order valence-corrected chi connectivity index (χ0v) is 11.3. The first-order valence-electron chi connectivity index (χ1n) is 5.39. The number of rotatable bonds is 3. The average molecular weight is 292 g/mol. The fourth-order valence-corrected chi connectivity index (χ4v) is 1.81. The Labute approximate surface area is 120 Å². The minimum atomic E-state index is -0.328. The number of aromatic nitrogens is 1. The maximum Gasteiger partial charge on any atom is 0.274 e. The Hall–Kier alpha value is -1.98. The highest BCUT2D eigenvalue weighted by Crippen LogP contribution is 2.23. The van der Waals surface area contributed by atoms with Crippen molar-refractivity contribution in [1.82, 2.24) is 4.98 Å². The third-order valence-electron chi connectivity index (χ3n) is 2.40. The molecule has 0 spiro atoms. The van der Waals surface area contributed by atoms with Crippen LogP contribution in [0.3, 0.4) is 0 Å². The molecule has 3 N–H and O–H groups in total. The molecule has 2 aromatic rings. The lowest BCUT2D eigenvalue weighted by Gasteiger charge is -2.08.